The first-order chi connectivity index (χ1) is 9.75. The molecule has 1 unspecified atom stereocenters. The summed E-state index contributed by atoms with van der Waals surface area (Å²) in [5.41, 5.74) is 1.75. The van der Waals surface area contributed by atoms with Crippen molar-refractivity contribution >= 4 is 27.5 Å². The topological polar surface area (TPSA) is 38.3 Å². The summed E-state index contributed by atoms with van der Waals surface area (Å²) in [5, 5.41) is 2.98. The Morgan fingerprint density at radius 3 is 2.75 bits per heavy atom. The van der Waals surface area contributed by atoms with E-state index in [1.807, 2.05) is 48.5 Å². The van der Waals surface area contributed by atoms with Crippen LogP contribution in [-0.4, -0.2) is 12.5 Å². The Hall–Kier alpha value is -1.81. The van der Waals surface area contributed by atoms with Gasteiger partial charge in [-0.2, -0.15) is 0 Å². The van der Waals surface area contributed by atoms with Crippen molar-refractivity contribution in [3.05, 3.63) is 58.6 Å². The smallest absolute Gasteiger partial charge is 0.232 e. The first-order valence-corrected chi connectivity index (χ1v) is 7.32. The minimum absolute atomic E-state index is 0.00708. The van der Waals surface area contributed by atoms with Crippen molar-refractivity contribution in [1.29, 1.82) is 0 Å². The Labute approximate surface area is 126 Å². The van der Waals surface area contributed by atoms with E-state index in [-0.39, 0.29) is 11.8 Å². The van der Waals surface area contributed by atoms with Crippen LogP contribution in [0.3, 0.4) is 0 Å². The van der Waals surface area contributed by atoms with E-state index < -0.39 is 0 Å². The lowest BCUT2D eigenvalue weighted by atomic mass is 9.92. The monoisotopic (exact) mass is 331 g/mol. The van der Waals surface area contributed by atoms with Crippen molar-refractivity contribution in [2.75, 3.05) is 11.9 Å². The summed E-state index contributed by atoms with van der Waals surface area (Å²) in [6.45, 7) is 0.574. The molecule has 1 aliphatic rings. The highest BCUT2D eigenvalue weighted by atomic mass is 79.9. The second-order valence-electron chi connectivity index (χ2n) is 4.70. The molecule has 1 aliphatic heterocycles. The van der Waals surface area contributed by atoms with Crippen molar-refractivity contribution in [2.45, 2.75) is 12.3 Å². The summed E-state index contributed by atoms with van der Waals surface area (Å²) >= 11 is 3.44. The summed E-state index contributed by atoms with van der Waals surface area (Å²) < 4.78 is 6.47. The van der Waals surface area contributed by atoms with Crippen LogP contribution in [0.25, 0.3) is 0 Å². The predicted molar refractivity (Wildman–Crippen MR) is 82.1 cm³/mol. The van der Waals surface area contributed by atoms with Crippen LogP contribution in [0.5, 0.6) is 5.75 Å². The van der Waals surface area contributed by atoms with Gasteiger partial charge in [-0.15, -0.1) is 0 Å². The standard InChI is InChI=1S/C16H14BrNO2/c17-13-6-2-3-7-14(13)18-16(19)12-9-10-20-15-8-4-1-5-11(12)15/h1-8,12H,9-10H2,(H,18,19). The third-order valence-corrected chi connectivity index (χ3v) is 4.10. The van der Waals surface area contributed by atoms with Gasteiger partial charge < -0.3 is 10.1 Å². The molecule has 20 heavy (non-hydrogen) atoms. The van der Waals surface area contributed by atoms with Gasteiger partial charge in [-0.3, -0.25) is 4.79 Å². The number of carbonyl (C=O) groups excluding carboxylic acids is 1. The Kier molecular flexibility index (Phi) is 3.74. The SMILES string of the molecule is O=C(Nc1ccccc1Br)C1CCOc2ccccc21. The summed E-state index contributed by atoms with van der Waals surface area (Å²) in [4.78, 5) is 12.5. The maximum Gasteiger partial charge on any atom is 0.232 e. The lowest BCUT2D eigenvalue weighted by Crippen LogP contribution is -2.26. The second-order valence-corrected chi connectivity index (χ2v) is 5.55. The predicted octanol–water partition coefficient (Wildman–Crippen LogP) is 3.95. The molecule has 4 heteroatoms. The van der Waals surface area contributed by atoms with Gasteiger partial charge in [0.2, 0.25) is 5.91 Å². The summed E-state index contributed by atoms with van der Waals surface area (Å²) in [6.07, 6.45) is 0.702. The number of anilines is 1. The van der Waals surface area contributed by atoms with Crippen molar-refractivity contribution in [3.8, 4) is 5.75 Å². The molecule has 0 aromatic heterocycles. The van der Waals surface area contributed by atoms with Crippen LogP contribution in [0.1, 0.15) is 17.9 Å². The number of carbonyl (C=O) groups is 1. The number of hydrogen-bond donors (Lipinski definition) is 1. The van der Waals surface area contributed by atoms with Gasteiger partial charge >= 0.3 is 0 Å². The van der Waals surface area contributed by atoms with Crippen molar-refractivity contribution < 1.29 is 9.53 Å². The van der Waals surface area contributed by atoms with Crippen LogP contribution in [0.4, 0.5) is 5.69 Å². The zero-order valence-electron chi connectivity index (χ0n) is 10.8. The molecule has 0 radical (unpaired) electrons. The molecule has 0 saturated carbocycles. The number of benzene rings is 2. The number of ether oxygens (including phenoxy) is 1. The Morgan fingerprint density at radius 2 is 1.90 bits per heavy atom. The molecule has 102 valence electrons. The van der Waals surface area contributed by atoms with E-state index in [1.54, 1.807) is 0 Å². The van der Waals surface area contributed by atoms with Gasteiger partial charge in [0.25, 0.3) is 0 Å². The molecule has 2 aromatic carbocycles. The van der Waals surface area contributed by atoms with Crippen LogP contribution in [0, 0.1) is 0 Å². The van der Waals surface area contributed by atoms with Gasteiger partial charge in [0.05, 0.1) is 18.2 Å². The van der Waals surface area contributed by atoms with Gasteiger partial charge in [-0.05, 0) is 40.5 Å². The highest BCUT2D eigenvalue weighted by Gasteiger charge is 2.27. The lowest BCUT2D eigenvalue weighted by Gasteiger charge is -2.25. The first kappa shape index (κ1) is 13.2. The molecule has 1 amide bonds. The van der Waals surface area contributed by atoms with Crippen molar-refractivity contribution in [1.82, 2.24) is 0 Å². The molecule has 0 spiro atoms. The average molecular weight is 332 g/mol. The van der Waals surface area contributed by atoms with Gasteiger partial charge in [0, 0.05) is 10.0 Å². The number of hydrogen-bond acceptors (Lipinski definition) is 2. The summed E-state index contributed by atoms with van der Waals surface area (Å²) in [5.74, 6) is 0.658. The summed E-state index contributed by atoms with van der Waals surface area (Å²) in [7, 11) is 0. The fourth-order valence-corrected chi connectivity index (χ4v) is 2.78. The molecule has 1 heterocycles. The first-order valence-electron chi connectivity index (χ1n) is 6.53. The van der Waals surface area contributed by atoms with Gasteiger partial charge in [-0.25, -0.2) is 0 Å². The molecular formula is C16H14BrNO2. The molecule has 1 atom stereocenters. The molecular weight excluding hydrogens is 318 g/mol. The van der Waals surface area contributed by atoms with Crippen molar-refractivity contribution in [3.63, 3.8) is 0 Å². The van der Waals surface area contributed by atoms with E-state index in [2.05, 4.69) is 21.2 Å². The Morgan fingerprint density at radius 1 is 1.15 bits per heavy atom. The molecule has 1 N–H and O–H groups in total. The number of fused-ring (bicyclic) bond motifs is 1. The number of amides is 1. The minimum atomic E-state index is -0.160. The number of halogens is 1. The van der Waals surface area contributed by atoms with E-state index in [0.29, 0.717) is 13.0 Å². The van der Waals surface area contributed by atoms with Gasteiger partial charge in [0.1, 0.15) is 5.75 Å². The van der Waals surface area contributed by atoms with Crippen LogP contribution < -0.4 is 10.1 Å². The number of rotatable bonds is 2. The second kappa shape index (κ2) is 5.67. The minimum Gasteiger partial charge on any atom is -0.493 e. The molecule has 0 saturated heterocycles. The van der Waals surface area contributed by atoms with Crippen LogP contribution in [-0.2, 0) is 4.79 Å². The highest BCUT2D eigenvalue weighted by Crippen LogP contribution is 2.34. The quantitative estimate of drug-likeness (QED) is 0.904. The van der Waals surface area contributed by atoms with Crippen LogP contribution in [0.2, 0.25) is 0 Å². The van der Waals surface area contributed by atoms with Crippen LogP contribution in [0.15, 0.2) is 53.0 Å². The van der Waals surface area contributed by atoms with E-state index >= 15 is 0 Å². The Balaban J connectivity index is 1.84. The molecule has 0 aliphatic carbocycles. The third-order valence-electron chi connectivity index (χ3n) is 3.41. The van der Waals surface area contributed by atoms with E-state index in [0.717, 1.165) is 21.5 Å². The fourth-order valence-electron chi connectivity index (χ4n) is 2.40. The Bertz CT molecular complexity index is 642. The number of para-hydroxylation sites is 2. The highest BCUT2D eigenvalue weighted by molar-refractivity contribution is 9.10. The number of nitrogens with one attached hydrogen (secondary N) is 1. The third kappa shape index (κ3) is 2.56. The molecule has 3 nitrogen and oxygen atoms in total. The average Bonchev–Trinajstić information content (AvgIpc) is 2.49. The van der Waals surface area contributed by atoms with Crippen molar-refractivity contribution in [2.24, 2.45) is 0 Å². The fraction of sp³-hybridized carbons (Fsp3) is 0.188. The summed E-state index contributed by atoms with van der Waals surface area (Å²) in [6, 6.07) is 15.3. The van der Waals surface area contributed by atoms with E-state index in [9.17, 15) is 4.79 Å². The molecule has 3 rings (SSSR count). The van der Waals surface area contributed by atoms with E-state index in [1.165, 1.54) is 0 Å². The lowest BCUT2D eigenvalue weighted by molar-refractivity contribution is -0.118. The normalized spacial score (nSPS) is 16.9. The molecule has 0 fully saturated rings. The molecule has 0 bridgehead atoms. The zero-order chi connectivity index (χ0) is 13.9. The zero-order valence-corrected chi connectivity index (χ0v) is 12.4. The maximum absolute atomic E-state index is 12.5. The van der Waals surface area contributed by atoms with E-state index in [4.69, 9.17) is 4.74 Å². The van der Waals surface area contributed by atoms with Gasteiger partial charge in [0.15, 0.2) is 0 Å². The molecule has 2 aromatic rings. The van der Waals surface area contributed by atoms with Crippen LogP contribution >= 0.6 is 15.9 Å². The van der Waals surface area contributed by atoms with Gasteiger partial charge in [-0.1, -0.05) is 30.3 Å². The largest absolute Gasteiger partial charge is 0.493 e. The maximum atomic E-state index is 12.5.